The first-order valence-electron chi connectivity index (χ1n) is 4.99. The summed E-state index contributed by atoms with van der Waals surface area (Å²) in [5, 5.41) is 0. The summed E-state index contributed by atoms with van der Waals surface area (Å²) in [7, 11) is 0. The van der Waals surface area contributed by atoms with Gasteiger partial charge in [0.15, 0.2) is 6.29 Å². The van der Waals surface area contributed by atoms with Crippen molar-refractivity contribution in [3.8, 4) is 0 Å². The molecule has 0 aliphatic carbocycles. The molecular weight excluding hydrogens is 168 g/mol. The lowest BCUT2D eigenvalue weighted by molar-refractivity contribution is -0.135. The molecular formula is C10H16O3. The minimum Gasteiger partial charge on any atom is -0.473 e. The Kier molecular flexibility index (Phi) is 3.22. The third kappa shape index (κ3) is 2.71. The van der Waals surface area contributed by atoms with Gasteiger partial charge in [0, 0.05) is 13.0 Å². The Balaban J connectivity index is 1.63. The van der Waals surface area contributed by atoms with E-state index in [0.717, 1.165) is 25.9 Å². The Morgan fingerprint density at radius 2 is 2.38 bits per heavy atom. The average molecular weight is 184 g/mol. The van der Waals surface area contributed by atoms with Gasteiger partial charge in [-0.15, -0.1) is 0 Å². The summed E-state index contributed by atoms with van der Waals surface area (Å²) in [6.45, 7) is 1.57. The van der Waals surface area contributed by atoms with Crippen molar-refractivity contribution in [1.29, 1.82) is 0 Å². The lowest BCUT2D eigenvalue weighted by Crippen LogP contribution is -2.23. The highest BCUT2D eigenvalue weighted by Gasteiger charge is 2.18. The zero-order valence-electron chi connectivity index (χ0n) is 7.78. The van der Waals surface area contributed by atoms with E-state index in [2.05, 4.69) is 0 Å². The fourth-order valence-corrected chi connectivity index (χ4v) is 1.62. The molecule has 0 aromatic heterocycles. The predicted molar refractivity (Wildman–Crippen MR) is 48.2 cm³/mol. The normalized spacial score (nSPS) is 33.2. The number of hydrogen-bond donors (Lipinski definition) is 0. The van der Waals surface area contributed by atoms with Crippen LogP contribution in [-0.4, -0.2) is 25.6 Å². The topological polar surface area (TPSA) is 27.7 Å². The van der Waals surface area contributed by atoms with E-state index in [0.29, 0.717) is 12.7 Å². The van der Waals surface area contributed by atoms with Gasteiger partial charge in [-0.2, -0.15) is 0 Å². The van der Waals surface area contributed by atoms with Gasteiger partial charge in [-0.1, -0.05) is 0 Å². The number of hydrogen-bond acceptors (Lipinski definition) is 3. The van der Waals surface area contributed by atoms with Crippen LogP contribution in [0.15, 0.2) is 12.3 Å². The average Bonchev–Trinajstić information content (AvgIpc) is 2.69. The lowest BCUT2D eigenvalue weighted by Gasteiger charge is -2.21. The molecule has 3 nitrogen and oxygen atoms in total. The maximum atomic E-state index is 5.57. The van der Waals surface area contributed by atoms with Gasteiger partial charge in [-0.25, -0.2) is 0 Å². The first kappa shape index (κ1) is 9.03. The third-order valence-electron chi connectivity index (χ3n) is 2.39. The number of ether oxygens (including phenoxy) is 3. The summed E-state index contributed by atoms with van der Waals surface area (Å²) in [6, 6.07) is 0. The second-order valence-corrected chi connectivity index (χ2v) is 3.48. The molecule has 0 radical (unpaired) electrons. The summed E-state index contributed by atoms with van der Waals surface area (Å²) in [6.07, 6.45) is 8.31. The Labute approximate surface area is 78.7 Å². The zero-order chi connectivity index (χ0) is 8.93. The standard InChI is InChI=1S/C10H16O3/c1-2-6-12-10(5-1)13-8-9-4-3-7-11-9/h2,6,9-10H,1,3-5,7-8H2. The van der Waals surface area contributed by atoms with Crippen molar-refractivity contribution in [2.24, 2.45) is 0 Å². The highest BCUT2D eigenvalue weighted by atomic mass is 16.7. The second kappa shape index (κ2) is 4.63. The maximum absolute atomic E-state index is 5.57. The van der Waals surface area contributed by atoms with Crippen LogP contribution in [0, 0.1) is 0 Å². The second-order valence-electron chi connectivity index (χ2n) is 3.48. The van der Waals surface area contributed by atoms with Crippen LogP contribution in [0.3, 0.4) is 0 Å². The molecule has 0 saturated carbocycles. The molecule has 2 heterocycles. The Bertz CT molecular complexity index is 173. The van der Waals surface area contributed by atoms with E-state index >= 15 is 0 Å². The molecule has 2 unspecified atom stereocenters. The van der Waals surface area contributed by atoms with Crippen LogP contribution in [0.25, 0.3) is 0 Å². The molecule has 1 saturated heterocycles. The van der Waals surface area contributed by atoms with Crippen molar-refractivity contribution in [2.75, 3.05) is 13.2 Å². The fourth-order valence-electron chi connectivity index (χ4n) is 1.62. The van der Waals surface area contributed by atoms with Crippen molar-refractivity contribution >= 4 is 0 Å². The zero-order valence-corrected chi connectivity index (χ0v) is 7.78. The van der Waals surface area contributed by atoms with Crippen molar-refractivity contribution in [2.45, 2.75) is 38.1 Å². The van der Waals surface area contributed by atoms with Gasteiger partial charge in [0.1, 0.15) is 0 Å². The summed E-state index contributed by atoms with van der Waals surface area (Å²) >= 11 is 0. The first-order valence-corrected chi connectivity index (χ1v) is 4.99. The smallest absolute Gasteiger partial charge is 0.199 e. The van der Waals surface area contributed by atoms with Crippen molar-refractivity contribution in [3.63, 3.8) is 0 Å². The van der Waals surface area contributed by atoms with E-state index in [1.54, 1.807) is 6.26 Å². The quantitative estimate of drug-likeness (QED) is 0.669. The fraction of sp³-hybridized carbons (Fsp3) is 0.800. The van der Waals surface area contributed by atoms with E-state index < -0.39 is 0 Å². The Morgan fingerprint density at radius 3 is 3.08 bits per heavy atom. The molecule has 0 spiro atoms. The van der Waals surface area contributed by atoms with Gasteiger partial charge < -0.3 is 14.2 Å². The van der Waals surface area contributed by atoms with Gasteiger partial charge in [-0.05, 0) is 25.3 Å². The van der Waals surface area contributed by atoms with Crippen molar-refractivity contribution in [3.05, 3.63) is 12.3 Å². The van der Waals surface area contributed by atoms with Gasteiger partial charge >= 0.3 is 0 Å². The van der Waals surface area contributed by atoms with E-state index in [1.165, 1.54) is 6.42 Å². The van der Waals surface area contributed by atoms with Crippen LogP contribution < -0.4 is 0 Å². The third-order valence-corrected chi connectivity index (χ3v) is 2.39. The largest absolute Gasteiger partial charge is 0.473 e. The van der Waals surface area contributed by atoms with Gasteiger partial charge in [0.2, 0.25) is 0 Å². The molecule has 2 atom stereocenters. The van der Waals surface area contributed by atoms with Crippen LogP contribution in [0.1, 0.15) is 25.7 Å². The molecule has 0 N–H and O–H groups in total. The summed E-state index contributed by atoms with van der Waals surface area (Å²) in [4.78, 5) is 0. The molecule has 3 heteroatoms. The summed E-state index contributed by atoms with van der Waals surface area (Å²) in [5.74, 6) is 0. The van der Waals surface area contributed by atoms with Gasteiger partial charge in [0.25, 0.3) is 0 Å². The molecule has 2 aliphatic heterocycles. The van der Waals surface area contributed by atoms with Crippen LogP contribution in [-0.2, 0) is 14.2 Å². The lowest BCUT2D eigenvalue weighted by atomic mass is 10.2. The molecule has 1 fully saturated rings. The minimum atomic E-state index is -0.0470. The van der Waals surface area contributed by atoms with E-state index in [4.69, 9.17) is 14.2 Å². The molecule has 0 bridgehead atoms. The highest BCUT2D eigenvalue weighted by Crippen LogP contribution is 2.16. The molecule has 0 aromatic rings. The van der Waals surface area contributed by atoms with Crippen LogP contribution in [0.5, 0.6) is 0 Å². The highest BCUT2D eigenvalue weighted by molar-refractivity contribution is 4.79. The molecule has 74 valence electrons. The van der Waals surface area contributed by atoms with Crippen LogP contribution in [0.2, 0.25) is 0 Å². The van der Waals surface area contributed by atoms with E-state index in [-0.39, 0.29) is 6.29 Å². The van der Waals surface area contributed by atoms with E-state index in [9.17, 15) is 0 Å². The monoisotopic (exact) mass is 184 g/mol. The molecule has 2 aliphatic rings. The number of allylic oxidation sites excluding steroid dienone is 1. The SMILES string of the molecule is C1=COC(OCC2CCCO2)CC1. The van der Waals surface area contributed by atoms with Crippen molar-refractivity contribution < 1.29 is 14.2 Å². The molecule has 2 rings (SSSR count). The van der Waals surface area contributed by atoms with Crippen LogP contribution >= 0.6 is 0 Å². The maximum Gasteiger partial charge on any atom is 0.199 e. The van der Waals surface area contributed by atoms with Gasteiger partial charge in [0.05, 0.1) is 19.0 Å². The predicted octanol–water partition coefficient (Wildman–Crippen LogP) is 1.83. The first-order chi connectivity index (χ1) is 6.45. The van der Waals surface area contributed by atoms with Crippen LogP contribution in [0.4, 0.5) is 0 Å². The summed E-state index contributed by atoms with van der Waals surface area (Å²) in [5.41, 5.74) is 0. The molecule has 0 aromatic carbocycles. The Morgan fingerprint density at radius 1 is 1.38 bits per heavy atom. The van der Waals surface area contributed by atoms with E-state index in [1.807, 2.05) is 6.08 Å². The Hall–Kier alpha value is -0.540. The minimum absolute atomic E-state index is 0.0470. The molecule has 0 amide bonds. The van der Waals surface area contributed by atoms with Gasteiger partial charge in [-0.3, -0.25) is 0 Å². The van der Waals surface area contributed by atoms with Crippen molar-refractivity contribution in [1.82, 2.24) is 0 Å². The number of rotatable bonds is 3. The summed E-state index contributed by atoms with van der Waals surface area (Å²) < 4.78 is 16.3. The molecule has 13 heavy (non-hydrogen) atoms.